The number of benzene rings is 8. The Morgan fingerprint density at radius 3 is 1.83 bits per heavy atom. The van der Waals surface area contributed by atoms with Gasteiger partial charge in [0.25, 0.3) is 0 Å². The zero-order chi connectivity index (χ0) is 36.0. The highest BCUT2D eigenvalue weighted by atomic mass is 16.3. The fraction of sp³-hybridized carbons (Fsp3) is 0.0588. The summed E-state index contributed by atoms with van der Waals surface area (Å²) in [6.07, 6.45) is 0. The van der Waals surface area contributed by atoms with Crippen molar-refractivity contribution in [3.63, 3.8) is 0 Å². The Bertz CT molecular complexity index is 3130. The summed E-state index contributed by atoms with van der Waals surface area (Å²) >= 11 is 0. The molecule has 0 bridgehead atoms. The third kappa shape index (κ3) is 4.55. The van der Waals surface area contributed by atoms with Crippen molar-refractivity contribution in [1.29, 1.82) is 0 Å². The maximum Gasteiger partial charge on any atom is 0.161 e. The largest absolute Gasteiger partial charge is 0.456 e. The van der Waals surface area contributed by atoms with Crippen LogP contribution in [0.4, 0.5) is 0 Å². The van der Waals surface area contributed by atoms with Crippen molar-refractivity contribution < 1.29 is 4.42 Å². The standard InChI is InChI=1S/C51H34N2O/c1-51(2)43-29-33-17-7-6-16-32(33)28-42(43)38-22-12-21-37(49(38)51)36-26-27-39(35-19-9-8-18-34(35)36)50-52-44(31-14-4-3-5-15-31)30-45(53-50)40-23-13-25-47-48(40)41-20-10-11-24-46(41)54-47/h3-30H,1-2H3. The zero-order valence-corrected chi connectivity index (χ0v) is 30.0. The number of fused-ring (bicyclic) bond motifs is 8. The van der Waals surface area contributed by atoms with Crippen LogP contribution < -0.4 is 0 Å². The lowest BCUT2D eigenvalue weighted by molar-refractivity contribution is 0.663. The van der Waals surface area contributed by atoms with E-state index in [-0.39, 0.29) is 5.41 Å². The van der Waals surface area contributed by atoms with Gasteiger partial charge in [-0.25, -0.2) is 9.97 Å². The van der Waals surface area contributed by atoms with Crippen molar-refractivity contribution in [3.05, 3.63) is 181 Å². The van der Waals surface area contributed by atoms with Crippen LogP contribution in [0.5, 0.6) is 0 Å². The van der Waals surface area contributed by atoms with Gasteiger partial charge in [-0.05, 0) is 91.3 Å². The third-order valence-electron chi connectivity index (χ3n) is 11.5. The first-order valence-electron chi connectivity index (χ1n) is 18.6. The minimum absolute atomic E-state index is 0.175. The molecule has 0 N–H and O–H groups in total. The number of aromatic nitrogens is 2. The minimum Gasteiger partial charge on any atom is -0.456 e. The summed E-state index contributed by atoms with van der Waals surface area (Å²) in [5.74, 6) is 0.691. The molecule has 0 atom stereocenters. The first-order valence-corrected chi connectivity index (χ1v) is 18.6. The van der Waals surface area contributed by atoms with Gasteiger partial charge in [0, 0.05) is 32.9 Å². The van der Waals surface area contributed by atoms with Crippen molar-refractivity contribution in [2.24, 2.45) is 0 Å². The highest BCUT2D eigenvalue weighted by Gasteiger charge is 2.38. The molecule has 0 radical (unpaired) electrons. The van der Waals surface area contributed by atoms with Gasteiger partial charge in [0.15, 0.2) is 5.82 Å². The summed E-state index contributed by atoms with van der Waals surface area (Å²) in [5.41, 5.74) is 14.2. The minimum atomic E-state index is -0.175. The quantitative estimate of drug-likeness (QED) is 0.184. The Hall–Kier alpha value is -6.84. The van der Waals surface area contributed by atoms with Gasteiger partial charge in [0.1, 0.15) is 11.2 Å². The molecule has 254 valence electrons. The van der Waals surface area contributed by atoms with Gasteiger partial charge in [-0.3, -0.25) is 0 Å². The monoisotopic (exact) mass is 690 g/mol. The van der Waals surface area contributed by atoms with Gasteiger partial charge >= 0.3 is 0 Å². The molecule has 1 aliphatic carbocycles. The Morgan fingerprint density at radius 2 is 1.02 bits per heavy atom. The molecule has 8 aromatic carbocycles. The third-order valence-corrected chi connectivity index (χ3v) is 11.5. The van der Waals surface area contributed by atoms with Crippen LogP contribution in [0.3, 0.4) is 0 Å². The van der Waals surface area contributed by atoms with Crippen LogP contribution in [0.25, 0.3) is 99.6 Å². The van der Waals surface area contributed by atoms with Crippen molar-refractivity contribution in [3.8, 4) is 56.2 Å². The van der Waals surface area contributed by atoms with Crippen LogP contribution >= 0.6 is 0 Å². The molecule has 3 heteroatoms. The number of furan rings is 1. The number of nitrogens with zero attached hydrogens (tertiary/aromatic N) is 2. The van der Waals surface area contributed by atoms with E-state index in [1.807, 2.05) is 24.3 Å². The van der Waals surface area contributed by atoms with E-state index in [9.17, 15) is 0 Å². The summed E-state index contributed by atoms with van der Waals surface area (Å²) in [6, 6.07) is 60.5. The molecule has 0 fully saturated rings. The summed E-state index contributed by atoms with van der Waals surface area (Å²) in [6.45, 7) is 4.75. The number of rotatable bonds is 4. The van der Waals surface area contributed by atoms with E-state index in [0.29, 0.717) is 5.82 Å². The van der Waals surface area contributed by atoms with E-state index >= 15 is 0 Å². The molecule has 0 amide bonds. The molecular formula is C51H34N2O. The maximum absolute atomic E-state index is 6.30. The van der Waals surface area contributed by atoms with Crippen LogP contribution in [0.2, 0.25) is 0 Å². The second-order valence-corrected chi connectivity index (χ2v) is 14.9. The van der Waals surface area contributed by atoms with Gasteiger partial charge in [0.05, 0.1) is 11.4 Å². The SMILES string of the molecule is CC1(C)c2cc3ccccc3cc2-c2cccc(-c3ccc(-c4nc(-c5ccccc5)cc(-c5cccc6oc7ccccc7c56)n4)c4ccccc34)c21. The molecule has 3 nitrogen and oxygen atoms in total. The van der Waals surface area contributed by atoms with E-state index in [4.69, 9.17) is 14.4 Å². The van der Waals surface area contributed by atoms with Crippen LogP contribution in [-0.4, -0.2) is 9.97 Å². The molecule has 0 unspecified atom stereocenters. The van der Waals surface area contributed by atoms with Crippen molar-refractivity contribution in [2.45, 2.75) is 19.3 Å². The van der Waals surface area contributed by atoms with Crippen molar-refractivity contribution >= 4 is 43.5 Å². The first kappa shape index (κ1) is 30.8. The average molecular weight is 691 g/mol. The Balaban J connectivity index is 1.13. The second kappa shape index (κ2) is 11.6. The first-order chi connectivity index (χ1) is 26.5. The Labute approximate surface area is 313 Å². The van der Waals surface area contributed by atoms with Crippen molar-refractivity contribution in [1.82, 2.24) is 9.97 Å². The molecule has 2 heterocycles. The van der Waals surface area contributed by atoms with Gasteiger partial charge in [-0.15, -0.1) is 0 Å². The predicted molar refractivity (Wildman–Crippen MR) is 224 cm³/mol. The van der Waals surface area contributed by atoms with Gasteiger partial charge in [-0.2, -0.15) is 0 Å². The second-order valence-electron chi connectivity index (χ2n) is 14.9. The lowest BCUT2D eigenvalue weighted by Crippen LogP contribution is -2.16. The Kier molecular flexibility index (Phi) is 6.60. The van der Waals surface area contributed by atoms with E-state index in [1.165, 1.54) is 49.5 Å². The normalized spacial score (nSPS) is 13.1. The van der Waals surface area contributed by atoms with Crippen LogP contribution in [0, 0.1) is 0 Å². The molecule has 0 saturated heterocycles. The van der Waals surface area contributed by atoms with E-state index in [2.05, 4.69) is 159 Å². The molecule has 0 spiro atoms. The lowest BCUT2D eigenvalue weighted by Gasteiger charge is -2.25. The van der Waals surface area contributed by atoms with Crippen LogP contribution in [-0.2, 0) is 5.41 Å². The molecular weight excluding hydrogens is 657 g/mol. The summed E-state index contributed by atoms with van der Waals surface area (Å²) in [5, 5.41) is 6.99. The summed E-state index contributed by atoms with van der Waals surface area (Å²) < 4.78 is 6.30. The predicted octanol–water partition coefficient (Wildman–Crippen LogP) is 13.7. The van der Waals surface area contributed by atoms with Gasteiger partial charge < -0.3 is 4.42 Å². The topological polar surface area (TPSA) is 38.9 Å². The summed E-state index contributed by atoms with van der Waals surface area (Å²) in [4.78, 5) is 10.7. The zero-order valence-electron chi connectivity index (χ0n) is 30.0. The molecule has 11 rings (SSSR count). The fourth-order valence-corrected chi connectivity index (χ4v) is 8.97. The summed E-state index contributed by atoms with van der Waals surface area (Å²) in [7, 11) is 0. The smallest absolute Gasteiger partial charge is 0.161 e. The van der Waals surface area contributed by atoms with Crippen LogP contribution in [0.15, 0.2) is 174 Å². The van der Waals surface area contributed by atoms with E-state index in [0.717, 1.165) is 55.4 Å². The van der Waals surface area contributed by atoms with Crippen molar-refractivity contribution in [2.75, 3.05) is 0 Å². The lowest BCUT2D eigenvalue weighted by atomic mass is 9.78. The highest BCUT2D eigenvalue weighted by Crippen LogP contribution is 2.54. The fourth-order valence-electron chi connectivity index (χ4n) is 8.97. The molecule has 1 aliphatic rings. The molecule has 0 aliphatic heterocycles. The molecule has 2 aromatic heterocycles. The van der Waals surface area contributed by atoms with Gasteiger partial charge in [0.2, 0.25) is 0 Å². The van der Waals surface area contributed by atoms with Gasteiger partial charge in [-0.1, -0.05) is 147 Å². The van der Waals surface area contributed by atoms with E-state index in [1.54, 1.807) is 0 Å². The number of hydrogen-bond donors (Lipinski definition) is 0. The maximum atomic E-state index is 6.30. The molecule has 10 aromatic rings. The Morgan fingerprint density at radius 1 is 0.426 bits per heavy atom. The molecule has 54 heavy (non-hydrogen) atoms. The van der Waals surface area contributed by atoms with Crippen LogP contribution in [0.1, 0.15) is 25.0 Å². The average Bonchev–Trinajstić information content (AvgIpc) is 3.71. The molecule has 0 saturated carbocycles. The number of hydrogen-bond acceptors (Lipinski definition) is 3. The number of para-hydroxylation sites is 1. The highest BCUT2D eigenvalue weighted by molar-refractivity contribution is 6.12. The van der Waals surface area contributed by atoms with E-state index < -0.39 is 0 Å².